The van der Waals surface area contributed by atoms with Crippen molar-refractivity contribution in [2.45, 2.75) is 106 Å². The summed E-state index contributed by atoms with van der Waals surface area (Å²) in [7, 11) is 0. The summed E-state index contributed by atoms with van der Waals surface area (Å²) in [6.45, 7) is 27.2. The molecule has 0 radical (unpaired) electrons. The van der Waals surface area contributed by atoms with Crippen molar-refractivity contribution in [3.63, 3.8) is 0 Å². The maximum Gasteiger partial charge on any atom is 0.0195 e. The third kappa shape index (κ3) is 7.86. The van der Waals surface area contributed by atoms with Gasteiger partial charge in [-0.05, 0) is 65.5 Å². The molecule has 4 bridgehead atoms. The fourth-order valence-corrected chi connectivity index (χ4v) is 4.45. The van der Waals surface area contributed by atoms with Crippen LogP contribution in [-0.2, 0) is 0 Å². The number of nitrogens with zero attached hydrogens (tertiary/aromatic N) is 3. The summed E-state index contributed by atoms with van der Waals surface area (Å²) in [6.07, 6.45) is 5.59. The van der Waals surface area contributed by atoms with E-state index in [4.69, 9.17) is 0 Å². The van der Waals surface area contributed by atoms with Crippen LogP contribution in [0.4, 0.5) is 0 Å². The smallest absolute Gasteiger partial charge is 0.0195 e. The Balaban J connectivity index is 0.000000948. The molecule has 6 fully saturated rings. The first-order chi connectivity index (χ1) is 12.6. The Morgan fingerprint density at radius 1 is 0.462 bits per heavy atom. The molecule has 3 heteroatoms. The van der Waals surface area contributed by atoms with Crippen molar-refractivity contribution < 1.29 is 0 Å². The zero-order chi connectivity index (χ0) is 20.1. The van der Waals surface area contributed by atoms with Crippen LogP contribution >= 0.6 is 0 Å². The predicted octanol–water partition coefficient (Wildman–Crippen LogP) is 5.35. The zero-order valence-electron chi connectivity index (χ0n) is 19.7. The van der Waals surface area contributed by atoms with Crippen molar-refractivity contribution in [1.29, 1.82) is 0 Å². The SMILES string of the molecule is CC.CC.CC.CC1CCC(C)N2CCN(CC3CCN1CC3)[C@@H](C)C2. The molecule has 6 aliphatic rings. The molecule has 6 rings (SSSR count). The Morgan fingerprint density at radius 3 is 1.38 bits per heavy atom. The number of piperazine rings is 1. The maximum absolute atomic E-state index is 2.77. The number of hydrogen-bond acceptors (Lipinski definition) is 3. The Morgan fingerprint density at radius 2 is 0.885 bits per heavy atom. The van der Waals surface area contributed by atoms with Gasteiger partial charge in [-0.25, -0.2) is 0 Å². The fraction of sp³-hybridized carbons (Fsp3) is 1.00. The zero-order valence-corrected chi connectivity index (χ0v) is 19.7. The molecule has 5 atom stereocenters. The summed E-state index contributed by atoms with van der Waals surface area (Å²) in [5.41, 5.74) is 0. The first-order valence-electron chi connectivity index (χ1n) is 11.9. The van der Waals surface area contributed by atoms with Gasteiger partial charge >= 0.3 is 0 Å². The molecule has 0 aromatic rings. The van der Waals surface area contributed by atoms with Gasteiger partial charge in [0.25, 0.3) is 0 Å². The maximum atomic E-state index is 2.77. The van der Waals surface area contributed by atoms with E-state index < -0.39 is 0 Å². The Kier molecular flexibility index (Phi) is 14.8. The van der Waals surface area contributed by atoms with Gasteiger partial charge in [-0.2, -0.15) is 0 Å². The molecule has 6 saturated heterocycles. The summed E-state index contributed by atoms with van der Waals surface area (Å²) in [6, 6.07) is 2.30. The third-order valence-corrected chi connectivity index (χ3v) is 6.19. The second-order valence-electron chi connectivity index (χ2n) is 7.59. The van der Waals surface area contributed by atoms with Crippen LogP contribution in [0.15, 0.2) is 0 Å². The number of rotatable bonds is 0. The van der Waals surface area contributed by atoms with E-state index in [9.17, 15) is 0 Å². The summed E-state index contributed by atoms with van der Waals surface area (Å²) in [4.78, 5) is 8.25. The van der Waals surface area contributed by atoms with Gasteiger partial charge in [-0.15, -0.1) is 0 Å². The highest BCUT2D eigenvalue weighted by atomic mass is 15.3. The van der Waals surface area contributed by atoms with Gasteiger partial charge in [0.15, 0.2) is 0 Å². The normalized spacial score (nSPS) is 39.3. The Labute approximate surface area is 166 Å². The van der Waals surface area contributed by atoms with Crippen molar-refractivity contribution in [2.75, 3.05) is 39.3 Å². The molecule has 0 amide bonds. The lowest BCUT2D eigenvalue weighted by Gasteiger charge is -2.44. The standard InChI is InChI=1S/C17H33N3.3C2H6/c1-14-4-5-15(2)19-10-11-20(16(3)12-19)13-17-6-8-18(14)9-7-17;3*1-2/h14-17H,4-13H2,1-3H3;3*1-2H3/t14?,15?,16-;;;/m0.../s1. The third-order valence-electron chi connectivity index (χ3n) is 6.19. The number of piperidine rings is 1. The minimum absolute atomic E-state index is 0.752. The average molecular weight is 370 g/mol. The summed E-state index contributed by atoms with van der Waals surface area (Å²) >= 11 is 0. The van der Waals surface area contributed by atoms with Crippen LogP contribution in [0.25, 0.3) is 0 Å². The second-order valence-corrected chi connectivity index (χ2v) is 7.59. The Hall–Kier alpha value is -0.120. The van der Waals surface area contributed by atoms with E-state index in [1.807, 2.05) is 41.5 Å². The highest BCUT2D eigenvalue weighted by Crippen LogP contribution is 2.25. The first-order valence-corrected chi connectivity index (χ1v) is 11.9. The molecule has 6 heterocycles. The fourth-order valence-electron chi connectivity index (χ4n) is 4.45. The van der Waals surface area contributed by atoms with Gasteiger partial charge in [-0.3, -0.25) is 9.80 Å². The molecule has 6 aliphatic heterocycles. The van der Waals surface area contributed by atoms with Gasteiger partial charge in [-0.1, -0.05) is 41.5 Å². The van der Waals surface area contributed by atoms with E-state index in [-0.39, 0.29) is 0 Å². The minimum Gasteiger partial charge on any atom is -0.301 e. The van der Waals surface area contributed by atoms with Gasteiger partial charge in [0.2, 0.25) is 0 Å². The van der Waals surface area contributed by atoms with Crippen molar-refractivity contribution in [3.8, 4) is 0 Å². The number of hydrogen-bond donors (Lipinski definition) is 0. The topological polar surface area (TPSA) is 9.72 Å². The largest absolute Gasteiger partial charge is 0.301 e. The molecular weight excluding hydrogens is 318 g/mol. The molecule has 158 valence electrons. The van der Waals surface area contributed by atoms with Crippen molar-refractivity contribution in [1.82, 2.24) is 14.7 Å². The Bertz CT molecular complexity index is 313. The molecule has 0 saturated carbocycles. The second kappa shape index (κ2) is 14.9. The van der Waals surface area contributed by atoms with Gasteiger partial charge < -0.3 is 4.90 Å². The van der Waals surface area contributed by atoms with Crippen LogP contribution < -0.4 is 0 Å². The molecule has 0 N–H and O–H groups in total. The van der Waals surface area contributed by atoms with Crippen LogP contribution in [0, 0.1) is 5.92 Å². The van der Waals surface area contributed by atoms with Gasteiger partial charge in [0, 0.05) is 44.3 Å². The molecule has 26 heavy (non-hydrogen) atoms. The van der Waals surface area contributed by atoms with E-state index in [0.717, 1.165) is 24.0 Å². The summed E-state index contributed by atoms with van der Waals surface area (Å²) in [5, 5.41) is 0. The van der Waals surface area contributed by atoms with Crippen molar-refractivity contribution in [3.05, 3.63) is 0 Å². The van der Waals surface area contributed by atoms with E-state index in [0.29, 0.717) is 0 Å². The van der Waals surface area contributed by atoms with Crippen LogP contribution in [0.5, 0.6) is 0 Å². The molecule has 0 aliphatic carbocycles. The van der Waals surface area contributed by atoms with E-state index >= 15 is 0 Å². The molecule has 0 aromatic carbocycles. The summed E-state index contributed by atoms with van der Waals surface area (Å²) < 4.78 is 0. The highest BCUT2D eigenvalue weighted by molar-refractivity contribution is 4.87. The van der Waals surface area contributed by atoms with E-state index in [2.05, 4.69) is 35.5 Å². The molecule has 3 nitrogen and oxygen atoms in total. The monoisotopic (exact) mass is 369 g/mol. The van der Waals surface area contributed by atoms with Crippen molar-refractivity contribution in [2.24, 2.45) is 5.92 Å². The molecule has 0 aromatic heterocycles. The lowest BCUT2D eigenvalue weighted by molar-refractivity contribution is 0.0432. The van der Waals surface area contributed by atoms with E-state index in [1.54, 1.807) is 0 Å². The first kappa shape index (κ1) is 25.9. The van der Waals surface area contributed by atoms with Gasteiger partial charge in [0.1, 0.15) is 0 Å². The molecule has 4 unspecified atom stereocenters. The minimum atomic E-state index is 0.752. The predicted molar refractivity (Wildman–Crippen MR) is 119 cm³/mol. The van der Waals surface area contributed by atoms with Crippen molar-refractivity contribution >= 4 is 0 Å². The van der Waals surface area contributed by atoms with Crippen LogP contribution in [0.3, 0.4) is 0 Å². The molecular formula is C23H51N3. The van der Waals surface area contributed by atoms with Crippen LogP contribution in [-0.4, -0.2) is 72.1 Å². The van der Waals surface area contributed by atoms with Gasteiger partial charge in [0.05, 0.1) is 0 Å². The quantitative estimate of drug-likeness (QED) is 0.569. The lowest BCUT2D eigenvalue weighted by Crippen LogP contribution is -2.55. The lowest BCUT2D eigenvalue weighted by atomic mass is 9.94. The summed E-state index contributed by atoms with van der Waals surface area (Å²) in [5.74, 6) is 0.950. The van der Waals surface area contributed by atoms with E-state index in [1.165, 1.54) is 65.0 Å². The molecule has 0 spiro atoms. The highest BCUT2D eigenvalue weighted by Gasteiger charge is 2.31. The van der Waals surface area contributed by atoms with Crippen LogP contribution in [0.1, 0.15) is 88.0 Å². The van der Waals surface area contributed by atoms with Crippen LogP contribution in [0.2, 0.25) is 0 Å². The average Bonchev–Trinajstić information content (AvgIpc) is 2.74.